The lowest BCUT2D eigenvalue weighted by molar-refractivity contribution is -0.122. The number of thiocarbonyl (C=S) groups is 1. The third-order valence-electron chi connectivity index (χ3n) is 7.57. The van der Waals surface area contributed by atoms with Crippen molar-refractivity contribution in [2.45, 2.75) is 85.1 Å². The van der Waals surface area contributed by atoms with E-state index in [0.717, 1.165) is 62.8 Å². The second-order valence-electron chi connectivity index (χ2n) is 10.4. The number of hydrogen-bond donors (Lipinski definition) is 1. The monoisotopic (exact) mass is 526 g/mol. The fourth-order valence-corrected chi connectivity index (χ4v) is 6.37. The maximum Gasteiger partial charge on any atom is 0.267 e. The number of thioether (sulfide) groups is 1. The first-order valence-electron chi connectivity index (χ1n) is 13.4. The van der Waals surface area contributed by atoms with Crippen LogP contribution in [0.15, 0.2) is 28.0 Å². The average Bonchev–Trinajstić information content (AvgIpc) is 3.13. The van der Waals surface area contributed by atoms with Gasteiger partial charge in [0.1, 0.15) is 15.8 Å². The van der Waals surface area contributed by atoms with Crippen LogP contribution >= 0.6 is 24.0 Å². The van der Waals surface area contributed by atoms with Gasteiger partial charge in [-0.25, -0.2) is 4.98 Å². The zero-order chi connectivity index (χ0) is 25.8. The van der Waals surface area contributed by atoms with Crippen molar-refractivity contribution in [3.05, 3.63) is 44.7 Å². The predicted octanol–water partition coefficient (Wildman–Crippen LogP) is 6.41. The smallest absolute Gasteiger partial charge is 0.267 e. The molecule has 1 saturated heterocycles. The first kappa shape index (κ1) is 26.9. The van der Waals surface area contributed by atoms with E-state index in [-0.39, 0.29) is 17.5 Å². The van der Waals surface area contributed by atoms with E-state index in [2.05, 4.69) is 26.1 Å². The highest BCUT2D eigenvalue weighted by atomic mass is 32.2. The number of rotatable bonds is 9. The summed E-state index contributed by atoms with van der Waals surface area (Å²) < 4.78 is 2.15. The number of unbranched alkanes of at least 4 members (excludes halogenated alkanes) is 1. The molecule has 1 amide bonds. The summed E-state index contributed by atoms with van der Waals surface area (Å²) in [5.41, 5.74) is 1.83. The van der Waals surface area contributed by atoms with Gasteiger partial charge < -0.3 is 5.32 Å². The molecule has 6 nitrogen and oxygen atoms in total. The summed E-state index contributed by atoms with van der Waals surface area (Å²) in [5.74, 6) is 1.61. The standard InChI is InChI=1S/C28H38N4O2S2/c1-5-7-10-20(6-2)17-32-27(34)23(36-28(32)35)16-22-24(29-21-13-11-18(3)12-14-21)30-25-19(4)9-8-15-31(25)26(22)33/h8-9,15-16,18,20-21,29H,5-7,10-14,17H2,1-4H3/b23-16+. The number of amides is 1. The molecule has 3 heterocycles. The second kappa shape index (κ2) is 11.9. The van der Waals surface area contributed by atoms with Gasteiger partial charge in [0.05, 0.1) is 10.5 Å². The maximum atomic E-state index is 13.7. The molecule has 1 aliphatic heterocycles. The molecule has 8 heteroatoms. The molecular weight excluding hydrogens is 488 g/mol. The van der Waals surface area contributed by atoms with Gasteiger partial charge in [0, 0.05) is 18.8 Å². The maximum absolute atomic E-state index is 13.7. The molecule has 0 aromatic carbocycles. The third-order valence-corrected chi connectivity index (χ3v) is 8.95. The number of carbonyl (C=O) groups excluding carboxylic acids is 1. The third kappa shape index (κ3) is 5.86. The summed E-state index contributed by atoms with van der Waals surface area (Å²) in [6.07, 6.45) is 12.3. The van der Waals surface area contributed by atoms with Crippen LogP contribution < -0.4 is 10.9 Å². The van der Waals surface area contributed by atoms with Gasteiger partial charge in [0.15, 0.2) is 0 Å². The largest absolute Gasteiger partial charge is 0.367 e. The molecule has 194 valence electrons. The number of anilines is 1. The van der Waals surface area contributed by atoms with Crippen molar-refractivity contribution in [1.29, 1.82) is 0 Å². The second-order valence-corrected chi connectivity index (χ2v) is 12.0. The minimum atomic E-state index is -0.171. The number of nitrogens with zero attached hydrogens (tertiary/aromatic N) is 3. The summed E-state index contributed by atoms with van der Waals surface area (Å²) in [6, 6.07) is 4.08. The van der Waals surface area contributed by atoms with Crippen molar-refractivity contribution in [3.63, 3.8) is 0 Å². The van der Waals surface area contributed by atoms with E-state index in [1.54, 1.807) is 21.6 Å². The quantitative estimate of drug-likeness (QED) is 0.301. The molecule has 0 radical (unpaired) electrons. The lowest BCUT2D eigenvalue weighted by atomic mass is 9.87. The van der Waals surface area contributed by atoms with Gasteiger partial charge in [0.2, 0.25) is 0 Å². The zero-order valence-corrected chi connectivity index (χ0v) is 23.5. The first-order valence-corrected chi connectivity index (χ1v) is 14.6. The molecule has 2 fully saturated rings. The molecule has 2 aromatic rings. The Morgan fingerprint density at radius 1 is 1.25 bits per heavy atom. The number of pyridine rings is 1. The SMILES string of the molecule is CCCCC(CC)CN1C(=O)/C(=C\c2c(NC3CCC(C)CC3)nc3c(C)cccn3c2=O)SC1=S. The average molecular weight is 527 g/mol. The van der Waals surface area contributed by atoms with Crippen LogP contribution in [0.4, 0.5) is 5.82 Å². The Labute approximate surface area is 223 Å². The van der Waals surface area contributed by atoms with Crippen LogP contribution in [-0.2, 0) is 4.79 Å². The fourth-order valence-electron chi connectivity index (χ4n) is 5.11. The molecule has 0 bridgehead atoms. The van der Waals surface area contributed by atoms with E-state index >= 15 is 0 Å². The molecule has 0 spiro atoms. The number of carbonyl (C=O) groups is 1. The molecule has 1 aliphatic carbocycles. The minimum Gasteiger partial charge on any atom is -0.367 e. The van der Waals surface area contributed by atoms with E-state index in [0.29, 0.717) is 38.7 Å². The minimum absolute atomic E-state index is 0.105. The van der Waals surface area contributed by atoms with E-state index in [1.165, 1.54) is 11.8 Å². The van der Waals surface area contributed by atoms with Gasteiger partial charge in [-0.2, -0.15) is 0 Å². The Morgan fingerprint density at radius 2 is 2.00 bits per heavy atom. The number of fused-ring (bicyclic) bond motifs is 1. The lowest BCUT2D eigenvalue weighted by Gasteiger charge is -2.28. The van der Waals surface area contributed by atoms with E-state index in [9.17, 15) is 9.59 Å². The molecule has 1 N–H and O–H groups in total. The Bertz CT molecular complexity index is 1210. The summed E-state index contributed by atoms with van der Waals surface area (Å²) in [4.78, 5) is 34.2. The molecule has 2 aromatic heterocycles. The molecule has 1 saturated carbocycles. The fraction of sp³-hybridized carbons (Fsp3) is 0.571. The Kier molecular flexibility index (Phi) is 8.88. The van der Waals surface area contributed by atoms with Crippen LogP contribution in [0.2, 0.25) is 0 Å². The van der Waals surface area contributed by atoms with Crippen molar-refractivity contribution in [2.24, 2.45) is 11.8 Å². The van der Waals surface area contributed by atoms with Crippen LogP contribution in [0.3, 0.4) is 0 Å². The van der Waals surface area contributed by atoms with E-state index in [4.69, 9.17) is 17.2 Å². The molecular formula is C28H38N4O2S2. The first-order chi connectivity index (χ1) is 17.3. The van der Waals surface area contributed by atoms with Crippen molar-refractivity contribution >= 4 is 51.7 Å². The molecule has 1 atom stereocenters. The van der Waals surface area contributed by atoms with Crippen LogP contribution in [0.1, 0.15) is 83.3 Å². The van der Waals surface area contributed by atoms with Crippen LogP contribution in [0.25, 0.3) is 11.7 Å². The predicted molar refractivity (Wildman–Crippen MR) is 154 cm³/mol. The van der Waals surface area contributed by atoms with Crippen molar-refractivity contribution in [2.75, 3.05) is 11.9 Å². The highest BCUT2D eigenvalue weighted by Crippen LogP contribution is 2.35. The number of hydrogen-bond acceptors (Lipinski definition) is 6. The Hall–Kier alpha value is -2.19. The topological polar surface area (TPSA) is 66.7 Å². The van der Waals surface area contributed by atoms with Gasteiger partial charge in [-0.05, 0) is 68.6 Å². The van der Waals surface area contributed by atoms with Gasteiger partial charge >= 0.3 is 0 Å². The van der Waals surface area contributed by atoms with Gasteiger partial charge in [-0.3, -0.25) is 18.9 Å². The van der Waals surface area contributed by atoms with E-state index < -0.39 is 0 Å². The summed E-state index contributed by atoms with van der Waals surface area (Å²) >= 11 is 6.89. The van der Waals surface area contributed by atoms with Gasteiger partial charge in [-0.15, -0.1) is 0 Å². The van der Waals surface area contributed by atoms with Gasteiger partial charge in [0.25, 0.3) is 11.5 Å². The molecule has 4 rings (SSSR count). The number of aryl methyl sites for hydroxylation is 1. The summed E-state index contributed by atoms with van der Waals surface area (Å²) in [7, 11) is 0. The number of aromatic nitrogens is 2. The highest BCUT2D eigenvalue weighted by molar-refractivity contribution is 8.26. The normalized spacial score (nSPS) is 22.6. The van der Waals surface area contributed by atoms with E-state index in [1.807, 2.05) is 19.1 Å². The molecule has 36 heavy (non-hydrogen) atoms. The van der Waals surface area contributed by atoms with Crippen LogP contribution in [-0.4, -0.2) is 37.1 Å². The zero-order valence-electron chi connectivity index (χ0n) is 21.9. The highest BCUT2D eigenvalue weighted by Gasteiger charge is 2.34. The van der Waals surface area contributed by atoms with Gasteiger partial charge in [-0.1, -0.05) is 70.1 Å². The number of nitrogens with one attached hydrogen (secondary N) is 1. The summed E-state index contributed by atoms with van der Waals surface area (Å²) in [5, 5.41) is 3.57. The molecule has 1 unspecified atom stereocenters. The summed E-state index contributed by atoms with van der Waals surface area (Å²) in [6.45, 7) is 9.24. The van der Waals surface area contributed by atoms with Crippen molar-refractivity contribution < 1.29 is 4.79 Å². The van der Waals surface area contributed by atoms with Crippen molar-refractivity contribution in [1.82, 2.24) is 14.3 Å². The lowest BCUT2D eigenvalue weighted by Crippen LogP contribution is -2.33. The Balaban J connectivity index is 1.69. The van der Waals surface area contributed by atoms with Crippen LogP contribution in [0, 0.1) is 18.8 Å². The Morgan fingerprint density at radius 3 is 2.69 bits per heavy atom. The van der Waals surface area contributed by atoms with Crippen LogP contribution in [0.5, 0.6) is 0 Å². The van der Waals surface area contributed by atoms with Crippen molar-refractivity contribution in [3.8, 4) is 0 Å². The molecule has 2 aliphatic rings.